The number of ether oxygens (including phenoxy) is 2. The summed E-state index contributed by atoms with van der Waals surface area (Å²) in [5.74, 6) is 0.996. The number of aryl methyl sites for hydroxylation is 2. The Morgan fingerprint density at radius 3 is 1.35 bits per heavy atom. The van der Waals surface area contributed by atoms with Crippen molar-refractivity contribution in [3.05, 3.63) is 94.3 Å². The molecule has 448 valence electrons. The average Bonchev–Trinajstić information content (AvgIpc) is 4.17. The van der Waals surface area contributed by atoms with E-state index in [2.05, 4.69) is 106 Å². The van der Waals surface area contributed by atoms with Crippen LogP contribution in [0.4, 0.5) is 21.2 Å². The molecule has 8 rings (SSSR count). The van der Waals surface area contributed by atoms with Crippen LogP contribution in [0.15, 0.2) is 60.9 Å². The molecule has 0 aliphatic carbocycles. The van der Waals surface area contributed by atoms with Gasteiger partial charge in [0.1, 0.15) is 16.5 Å². The van der Waals surface area contributed by atoms with Gasteiger partial charge in [-0.25, -0.2) is 26.4 Å². The lowest BCUT2D eigenvalue weighted by Gasteiger charge is -2.35. The van der Waals surface area contributed by atoms with E-state index in [0.29, 0.717) is 44.6 Å². The Bertz CT molecular complexity index is 2980. The molecular weight excluding hydrogens is 1140 g/mol. The summed E-state index contributed by atoms with van der Waals surface area (Å²) in [6.07, 6.45) is 9.47. The zero-order valence-electron chi connectivity index (χ0n) is 48.9. The summed E-state index contributed by atoms with van der Waals surface area (Å²) >= 11 is 2.99. The summed E-state index contributed by atoms with van der Waals surface area (Å²) in [5, 5.41) is 11.8. The second kappa shape index (κ2) is 28.7. The van der Waals surface area contributed by atoms with Crippen LogP contribution in [0.1, 0.15) is 112 Å². The molecule has 4 aliphatic heterocycles. The van der Waals surface area contributed by atoms with E-state index in [4.69, 9.17) is 9.47 Å². The predicted octanol–water partition coefficient (Wildman–Crippen LogP) is 6.41. The van der Waals surface area contributed by atoms with Crippen molar-refractivity contribution in [1.29, 1.82) is 0 Å². The molecule has 0 spiro atoms. The van der Waals surface area contributed by atoms with Crippen LogP contribution in [0.25, 0.3) is 0 Å². The number of carbonyl (C=O) groups excluding carboxylic acids is 4. The zero-order chi connectivity index (χ0) is 59.3. The van der Waals surface area contributed by atoms with Crippen LogP contribution in [0.5, 0.6) is 0 Å². The minimum absolute atomic E-state index is 0.123. The van der Waals surface area contributed by atoms with E-state index in [1.165, 1.54) is 80.1 Å². The van der Waals surface area contributed by atoms with Gasteiger partial charge in [-0.1, -0.05) is 52.3 Å². The maximum atomic E-state index is 12.8. The number of nitrogens with one attached hydrogen (secondary N) is 3. The van der Waals surface area contributed by atoms with Crippen LogP contribution >= 0.6 is 15.9 Å². The van der Waals surface area contributed by atoms with Gasteiger partial charge < -0.3 is 24.6 Å². The van der Waals surface area contributed by atoms with Crippen molar-refractivity contribution >= 4 is 71.6 Å². The van der Waals surface area contributed by atoms with Gasteiger partial charge in [0, 0.05) is 90.0 Å². The van der Waals surface area contributed by atoms with Gasteiger partial charge in [-0.05, 0) is 152 Å². The lowest BCUT2D eigenvalue weighted by atomic mass is 9.86. The van der Waals surface area contributed by atoms with Crippen molar-refractivity contribution in [3.63, 3.8) is 0 Å². The lowest BCUT2D eigenvalue weighted by molar-refractivity contribution is -0.156. The molecule has 25 heteroatoms. The maximum absolute atomic E-state index is 12.8. The summed E-state index contributed by atoms with van der Waals surface area (Å²) in [4.78, 5) is 58.8. The van der Waals surface area contributed by atoms with Crippen LogP contribution in [0.2, 0.25) is 0 Å². The van der Waals surface area contributed by atoms with Gasteiger partial charge in [0.05, 0.1) is 19.1 Å². The lowest BCUT2D eigenvalue weighted by Crippen LogP contribution is -2.49. The molecule has 6 heterocycles. The van der Waals surface area contributed by atoms with Crippen LogP contribution in [0, 0.1) is 13.8 Å². The summed E-state index contributed by atoms with van der Waals surface area (Å²) < 4.78 is 62.8. The molecule has 2 amide bonds. The molecule has 0 atom stereocenters. The highest BCUT2D eigenvalue weighted by Crippen LogP contribution is 2.32. The number of nitrogens with zero attached hydrogens (tertiary/aromatic N) is 9. The Morgan fingerprint density at radius 1 is 0.580 bits per heavy atom. The van der Waals surface area contributed by atoms with Crippen molar-refractivity contribution in [3.8, 4) is 0 Å². The number of rotatable bonds is 13. The molecule has 0 radical (unpaired) electrons. The highest BCUT2D eigenvalue weighted by atomic mass is 79.9. The summed E-state index contributed by atoms with van der Waals surface area (Å²) in [7, 11) is -6.88. The maximum Gasteiger partial charge on any atom is 0.344 e. The minimum atomic E-state index is -3.45. The molecule has 0 bridgehead atoms. The van der Waals surface area contributed by atoms with E-state index >= 15 is 0 Å². The standard InChI is InChI=1S/C28H42N6O5S.C22H32N6O3S.C6H11BrO2/c1-21-6-7-22(18-24(21)23-8-11-31(12-9-23)20-26(35)39-28(2,3)4)19-32-14-16-33(17-15-32)27(36)34-13-10-25(29-34)30-40(5,37)38;1-17-3-4-18(15-20(17)19-5-8-23-9-6-19)16-26-11-13-27(14-12-26)22(29)28-10-7-21(24-28)25-32(2,30)31;1-6(2,3)9-5(8)4-7/h6-7,10,13,18,23H,8-9,11-12,14-17,19-20H2,1-5H3,(H,29,30);3-4,7,10,15,19,23H,5-6,8-9,11-14,16H2,1-2H3,(H,24,25);4H2,1-3H3. The second-order valence-electron chi connectivity index (χ2n) is 23.4. The monoisotopic (exact) mass is 1230 g/mol. The number of halogens is 1. The number of sulfonamides is 2. The zero-order valence-corrected chi connectivity index (χ0v) is 52.1. The quantitative estimate of drug-likeness (QED) is 0.0968. The molecule has 4 saturated heterocycles. The third kappa shape index (κ3) is 21.7. The number of aromatic nitrogens is 4. The Labute approximate surface area is 487 Å². The SMILES string of the molecule is CC(C)(C)OC(=O)CBr.Cc1ccc(CN2CCN(C(=O)n3ccc(NS(C)(=O)=O)n3)CC2)cc1C1CCN(CC(=O)OC(C)(C)C)CC1.Cc1ccc(CN2CCN(C(=O)n3ccc(NS(C)(=O)=O)n3)CC2)cc1C1CCNCC1. The van der Waals surface area contributed by atoms with Crippen LogP contribution < -0.4 is 14.8 Å². The fourth-order valence-corrected chi connectivity index (χ4v) is 11.4. The molecule has 0 saturated carbocycles. The van der Waals surface area contributed by atoms with Crippen molar-refractivity contribution in [1.82, 2.24) is 49.4 Å². The molecule has 81 heavy (non-hydrogen) atoms. The van der Waals surface area contributed by atoms with E-state index in [1.807, 2.05) is 41.5 Å². The van der Waals surface area contributed by atoms with Crippen LogP contribution in [-0.4, -0.2) is 199 Å². The van der Waals surface area contributed by atoms with Crippen molar-refractivity contribution in [2.75, 3.05) is 112 Å². The number of carbonyl (C=O) groups is 4. The third-order valence-electron chi connectivity index (χ3n) is 14.0. The first kappa shape index (κ1) is 64.7. The van der Waals surface area contributed by atoms with Gasteiger partial charge in [0.25, 0.3) is 0 Å². The first-order valence-electron chi connectivity index (χ1n) is 27.7. The smallest absolute Gasteiger partial charge is 0.344 e. The molecule has 4 aromatic rings. The van der Waals surface area contributed by atoms with E-state index < -0.39 is 25.6 Å². The van der Waals surface area contributed by atoms with Crippen molar-refractivity contribution in [2.24, 2.45) is 0 Å². The number of hydrogen-bond acceptors (Lipinski definition) is 16. The molecule has 0 unspecified atom stereocenters. The van der Waals surface area contributed by atoms with Crippen LogP contribution in [-0.2, 0) is 52.2 Å². The summed E-state index contributed by atoms with van der Waals surface area (Å²) in [6, 6.07) is 16.0. The summed E-state index contributed by atoms with van der Waals surface area (Å²) in [5.41, 5.74) is 7.32. The van der Waals surface area contributed by atoms with E-state index in [-0.39, 0.29) is 46.6 Å². The number of hydrogen-bond donors (Lipinski definition) is 3. The number of amides is 2. The van der Waals surface area contributed by atoms with Gasteiger partial charge in [0.2, 0.25) is 20.0 Å². The molecule has 2 aromatic carbocycles. The highest BCUT2D eigenvalue weighted by Gasteiger charge is 2.28. The fraction of sp³-hybridized carbons (Fsp3) is 0.607. The molecular formula is C56H85BrN12O10S2. The first-order chi connectivity index (χ1) is 38.0. The third-order valence-corrected chi connectivity index (χ3v) is 15.7. The van der Waals surface area contributed by atoms with Crippen molar-refractivity contribution in [2.45, 2.75) is 117 Å². The van der Waals surface area contributed by atoms with Gasteiger partial charge in [0.15, 0.2) is 11.6 Å². The topological polar surface area (TPSA) is 243 Å². The van der Waals surface area contributed by atoms with Gasteiger partial charge in [-0.15, -0.1) is 10.2 Å². The van der Waals surface area contributed by atoms with Gasteiger partial charge >= 0.3 is 24.0 Å². The molecule has 4 aliphatic rings. The minimum Gasteiger partial charge on any atom is -0.459 e. The van der Waals surface area contributed by atoms with E-state index in [1.54, 1.807) is 9.80 Å². The largest absolute Gasteiger partial charge is 0.459 e. The Balaban J connectivity index is 0.000000230. The van der Waals surface area contributed by atoms with Crippen molar-refractivity contribution < 1.29 is 45.5 Å². The molecule has 2 aromatic heterocycles. The Morgan fingerprint density at radius 2 is 0.975 bits per heavy atom. The summed E-state index contributed by atoms with van der Waals surface area (Å²) in [6.45, 7) is 27.0. The predicted molar refractivity (Wildman–Crippen MR) is 318 cm³/mol. The molecule has 22 nitrogen and oxygen atoms in total. The molecule has 3 N–H and O–H groups in total. The number of piperidine rings is 2. The Hall–Kier alpha value is -5.44. The van der Waals surface area contributed by atoms with Gasteiger partial charge in [-0.2, -0.15) is 9.36 Å². The number of likely N-dealkylation sites (tertiary alicyclic amines) is 1. The van der Waals surface area contributed by atoms with E-state index in [9.17, 15) is 36.0 Å². The number of esters is 2. The van der Waals surface area contributed by atoms with E-state index in [0.717, 1.165) is 90.8 Å². The first-order valence-corrected chi connectivity index (χ1v) is 32.6. The molecule has 4 fully saturated rings. The number of benzene rings is 2. The number of anilines is 2. The fourth-order valence-electron chi connectivity index (χ4n) is 10.3. The number of alkyl halides is 1. The average molecular weight is 1230 g/mol. The highest BCUT2D eigenvalue weighted by molar-refractivity contribution is 9.09. The number of piperazine rings is 2. The second-order valence-corrected chi connectivity index (χ2v) is 27.5. The van der Waals surface area contributed by atoms with Crippen LogP contribution in [0.3, 0.4) is 0 Å². The Kier molecular flexibility index (Phi) is 22.9. The van der Waals surface area contributed by atoms with Gasteiger partial charge in [-0.3, -0.25) is 33.7 Å². The normalized spacial score (nSPS) is 17.5.